The molecule has 0 aliphatic carbocycles. The molecule has 0 spiro atoms. The van der Waals surface area contributed by atoms with E-state index in [1.807, 2.05) is 12.1 Å². The molecule has 2 rings (SSSR count). The highest BCUT2D eigenvalue weighted by Crippen LogP contribution is 2.35. The summed E-state index contributed by atoms with van der Waals surface area (Å²) in [7, 11) is 0. The Morgan fingerprint density at radius 1 is 1.42 bits per heavy atom. The van der Waals surface area contributed by atoms with Crippen molar-refractivity contribution in [3.8, 4) is 11.5 Å². The zero-order valence-electron chi connectivity index (χ0n) is 10.9. The largest absolute Gasteiger partial charge is 0.485 e. The maximum Gasteiger partial charge on any atom is 0.199 e. The highest BCUT2D eigenvalue weighted by molar-refractivity contribution is 9.10. The van der Waals surface area contributed by atoms with Crippen molar-refractivity contribution >= 4 is 21.7 Å². The number of carbonyl (C=O) groups excluding carboxylic acids is 1. The van der Waals surface area contributed by atoms with E-state index in [0.717, 1.165) is 25.9 Å². The molecule has 1 aromatic carbocycles. The Kier molecular flexibility index (Phi) is 5.22. The first kappa shape index (κ1) is 14.3. The Bertz CT molecular complexity index is 441. The summed E-state index contributed by atoms with van der Waals surface area (Å²) >= 11 is 3.44. The van der Waals surface area contributed by atoms with Crippen molar-refractivity contribution in [2.75, 3.05) is 13.2 Å². The van der Waals surface area contributed by atoms with Crippen molar-refractivity contribution in [2.45, 2.75) is 32.5 Å². The first-order valence-corrected chi connectivity index (χ1v) is 7.15. The second kappa shape index (κ2) is 6.91. The minimum absolute atomic E-state index is 0.0196. The Hall–Kier alpha value is -1.07. The molecule has 1 fully saturated rings. The van der Waals surface area contributed by atoms with Crippen LogP contribution in [0.2, 0.25) is 0 Å². The van der Waals surface area contributed by atoms with Gasteiger partial charge in [-0.05, 0) is 47.8 Å². The monoisotopic (exact) mass is 328 g/mol. The van der Waals surface area contributed by atoms with E-state index in [9.17, 15) is 4.79 Å². The molecule has 19 heavy (non-hydrogen) atoms. The van der Waals surface area contributed by atoms with Crippen LogP contribution in [0.1, 0.15) is 26.2 Å². The third-order valence-electron chi connectivity index (χ3n) is 2.76. The summed E-state index contributed by atoms with van der Waals surface area (Å²) in [4.78, 5) is 10.9. The number of ether oxygens (including phenoxy) is 3. The first-order valence-electron chi connectivity index (χ1n) is 6.36. The van der Waals surface area contributed by atoms with Crippen LogP contribution in [-0.2, 0) is 9.53 Å². The van der Waals surface area contributed by atoms with Crippen molar-refractivity contribution in [1.29, 1.82) is 0 Å². The second-order valence-corrected chi connectivity index (χ2v) is 5.27. The van der Waals surface area contributed by atoms with Crippen LogP contribution >= 0.6 is 15.9 Å². The van der Waals surface area contributed by atoms with Gasteiger partial charge in [-0.2, -0.15) is 0 Å². The lowest BCUT2D eigenvalue weighted by Crippen LogP contribution is -2.25. The van der Waals surface area contributed by atoms with E-state index >= 15 is 0 Å². The third-order valence-corrected chi connectivity index (χ3v) is 3.54. The Morgan fingerprint density at radius 2 is 2.21 bits per heavy atom. The van der Waals surface area contributed by atoms with Crippen LogP contribution < -0.4 is 9.47 Å². The van der Waals surface area contributed by atoms with Gasteiger partial charge in [-0.1, -0.05) is 6.07 Å². The number of Topliss-reactive ketones (excluding diaryl/α,β-unsaturated/α-hetero) is 1. The lowest BCUT2D eigenvalue weighted by atomic mass is 10.2. The molecule has 0 bridgehead atoms. The lowest BCUT2D eigenvalue weighted by molar-refractivity contribution is -0.119. The summed E-state index contributed by atoms with van der Waals surface area (Å²) < 4.78 is 17.5. The zero-order valence-corrected chi connectivity index (χ0v) is 12.4. The standard InChI is InChI=1S/C14H17BrO4/c1-10(16)9-18-11-5-4-6-12(14(11)15)19-13-7-2-3-8-17-13/h4-6,13H,2-3,7-9H2,1H3/t13-/m0/s1. The average molecular weight is 329 g/mol. The van der Waals surface area contributed by atoms with Gasteiger partial charge < -0.3 is 14.2 Å². The Morgan fingerprint density at radius 3 is 2.89 bits per heavy atom. The van der Waals surface area contributed by atoms with Gasteiger partial charge in [-0.15, -0.1) is 0 Å². The molecule has 104 valence electrons. The van der Waals surface area contributed by atoms with Gasteiger partial charge in [-0.3, -0.25) is 4.79 Å². The number of halogens is 1. The number of benzene rings is 1. The van der Waals surface area contributed by atoms with Crippen LogP contribution in [0.3, 0.4) is 0 Å². The minimum Gasteiger partial charge on any atom is -0.485 e. The highest BCUT2D eigenvalue weighted by Gasteiger charge is 2.17. The molecular weight excluding hydrogens is 312 g/mol. The van der Waals surface area contributed by atoms with Gasteiger partial charge in [0.25, 0.3) is 0 Å². The summed E-state index contributed by atoms with van der Waals surface area (Å²) in [5.74, 6) is 1.25. The Balaban J connectivity index is 2.03. The molecule has 5 heteroatoms. The predicted molar refractivity (Wildman–Crippen MR) is 74.5 cm³/mol. The molecule has 1 heterocycles. The van der Waals surface area contributed by atoms with Gasteiger partial charge in [0.05, 0.1) is 6.61 Å². The Labute approximate surface area is 121 Å². The second-order valence-electron chi connectivity index (χ2n) is 4.47. The minimum atomic E-state index is -0.201. The molecule has 0 saturated carbocycles. The quantitative estimate of drug-likeness (QED) is 0.831. The third kappa shape index (κ3) is 4.21. The van der Waals surface area contributed by atoms with Crippen LogP contribution in [-0.4, -0.2) is 25.3 Å². The van der Waals surface area contributed by atoms with E-state index in [4.69, 9.17) is 14.2 Å². The van der Waals surface area contributed by atoms with E-state index in [-0.39, 0.29) is 18.7 Å². The normalized spacial score (nSPS) is 18.9. The van der Waals surface area contributed by atoms with Crippen molar-refractivity contribution in [3.63, 3.8) is 0 Å². The van der Waals surface area contributed by atoms with Crippen molar-refractivity contribution < 1.29 is 19.0 Å². The summed E-state index contributed by atoms with van der Waals surface area (Å²) in [6.07, 6.45) is 2.89. The molecule has 0 amide bonds. The van der Waals surface area contributed by atoms with Gasteiger partial charge >= 0.3 is 0 Å². The number of rotatable bonds is 5. The average Bonchev–Trinajstić information content (AvgIpc) is 2.41. The van der Waals surface area contributed by atoms with Gasteiger partial charge in [0.2, 0.25) is 0 Å². The van der Waals surface area contributed by atoms with Gasteiger partial charge in [0.1, 0.15) is 22.6 Å². The fraction of sp³-hybridized carbons (Fsp3) is 0.500. The first-order chi connectivity index (χ1) is 9.16. The summed E-state index contributed by atoms with van der Waals surface area (Å²) in [6.45, 7) is 2.29. The maximum absolute atomic E-state index is 10.9. The number of carbonyl (C=O) groups is 1. The SMILES string of the molecule is CC(=O)COc1cccc(O[C@H]2CCCCO2)c1Br. The fourth-order valence-corrected chi connectivity index (χ4v) is 2.29. The van der Waals surface area contributed by atoms with Crippen LogP contribution in [0.4, 0.5) is 0 Å². The van der Waals surface area contributed by atoms with Crippen LogP contribution in [0.25, 0.3) is 0 Å². The zero-order chi connectivity index (χ0) is 13.7. The molecule has 1 saturated heterocycles. The van der Waals surface area contributed by atoms with Crippen LogP contribution in [0.15, 0.2) is 22.7 Å². The molecule has 0 aromatic heterocycles. The molecule has 1 atom stereocenters. The molecule has 0 N–H and O–H groups in total. The maximum atomic E-state index is 10.9. The van der Waals surface area contributed by atoms with Crippen molar-refractivity contribution in [2.24, 2.45) is 0 Å². The van der Waals surface area contributed by atoms with E-state index in [0.29, 0.717) is 16.0 Å². The number of hydrogen-bond donors (Lipinski definition) is 0. The summed E-state index contributed by atoms with van der Waals surface area (Å²) in [5.41, 5.74) is 0. The molecule has 4 nitrogen and oxygen atoms in total. The number of ketones is 1. The van der Waals surface area contributed by atoms with E-state index in [1.165, 1.54) is 6.92 Å². The van der Waals surface area contributed by atoms with Crippen molar-refractivity contribution in [1.82, 2.24) is 0 Å². The fourth-order valence-electron chi connectivity index (χ4n) is 1.82. The predicted octanol–water partition coefficient (Wildman–Crippen LogP) is 3.32. The topological polar surface area (TPSA) is 44.8 Å². The van der Waals surface area contributed by atoms with E-state index in [1.54, 1.807) is 6.07 Å². The highest BCUT2D eigenvalue weighted by atomic mass is 79.9. The summed E-state index contributed by atoms with van der Waals surface area (Å²) in [5, 5.41) is 0. The molecule has 0 radical (unpaired) electrons. The molecule has 1 aromatic rings. The molecule has 1 aliphatic rings. The lowest BCUT2D eigenvalue weighted by Gasteiger charge is -2.24. The van der Waals surface area contributed by atoms with Crippen LogP contribution in [0.5, 0.6) is 11.5 Å². The summed E-state index contributed by atoms with van der Waals surface area (Å²) in [6, 6.07) is 5.47. The molecular formula is C14H17BrO4. The van der Waals surface area contributed by atoms with Crippen molar-refractivity contribution in [3.05, 3.63) is 22.7 Å². The van der Waals surface area contributed by atoms with Gasteiger partial charge in [0, 0.05) is 6.42 Å². The molecule has 1 aliphatic heterocycles. The molecule has 0 unspecified atom stereocenters. The van der Waals surface area contributed by atoms with E-state index < -0.39 is 0 Å². The van der Waals surface area contributed by atoms with Crippen LogP contribution in [0, 0.1) is 0 Å². The van der Waals surface area contributed by atoms with Gasteiger partial charge in [0.15, 0.2) is 12.1 Å². The number of hydrogen-bond acceptors (Lipinski definition) is 4. The smallest absolute Gasteiger partial charge is 0.199 e. The van der Waals surface area contributed by atoms with Gasteiger partial charge in [-0.25, -0.2) is 0 Å². The van der Waals surface area contributed by atoms with E-state index in [2.05, 4.69) is 15.9 Å².